The van der Waals surface area contributed by atoms with Crippen LogP contribution in [0.1, 0.15) is 36.1 Å². The predicted molar refractivity (Wildman–Crippen MR) is 164 cm³/mol. The molecule has 1 aliphatic carbocycles. The molecule has 1 aromatic carbocycles. The first-order valence-electron chi connectivity index (χ1n) is 13.4. The first-order valence-corrected chi connectivity index (χ1v) is 15.7. The number of hydrogen-bond donors (Lipinski definition) is 3. The average molecular weight is 624 g/mol. The number of benzene rings is 1. The molecule has 3 heterocycles. The molecule has 0 radical (unpaired) electrons. The van der Waals surface area contributed by atoms with Crippen LogP contribution in [0.25, 0.3) is 0 Å². The summed E-state index contributed by atoms with van der Waals surface area (Å²) in [6, 6.07) is 6.41. The first-order chi connectivity index (χ1) is 19.2. The van der Waals surface area contributed by atoms with Gasteiger partial charge >= 0.3 is 0 Å². The Morgan fingerprint density at radius 2 is 1.88 bits per heavy atom. The number of halogens is 2. The molecule has 1 saturated heterocycles. The zero-order valence-corrected chi connectivity index (χ0v) is 25.5. The lowest BCUT2D eigenvalue weighted by Gasteiger charge is -2.22. The van der Waals surface area contributed by atoms with Crippen LogP contribution in [-0.2, 0) is 29.4 Å². The summed E-state index contributed by atoms with van der Waals surface area (Å²) in [5.41, 5.74) is 4.06. The standard InChI is InChI=1S/C27H35ClN8O3S.ClH/c1-35(40(2,38)39)26-24(29-10-11-30-26)15-31-25-23(28)14-32-27(34-25)33-21-8-7-19-5-3-18(4-6-20(19)13-21)16-36-12-9-22(37)17-36;/h7-8,10-11,13-14,18,22,37H,3-6,9,12,15-17H2,1-2H3,(H2,31,32,33,34);1H/t18?,22-;/m1./s1. The van der Waals surface area contributed by atoms with Crippen molar-refractivity contribution < 1.29 is 13.5 Å². The quantitative estimate of drug-likeness (QED) is 0.303. The second-order valence-electron chi connectivity index (χ2n) is 10.6. The number of anilines is 4. The fraction of sp³-hybridized carbons (Fsp3) is 0.481. The van der Waals surface area contributed by atoms with Gasteiger partial charge in [-0.15, -0.1) is 12.4 Å². The molecule has 11 nitrogen and oxygen atoms in total. The third-order valence-corrected chi connectivity index (χ3v) is 9.03. The van der Waals surface area contributed by atoms with Gasteiger partial charge in [0.15, 0.2) is 11.6 Å². The minimum Gasteiger partial charge on any atom is -0.392 e. The molecular weight excluding hydrogens is 587 g/mol. The van der Waals surface area contributed by atoms with Crippen LogP contribution >= 0.6 is 24.0 Å². The van der Waals surface area contributed by atoms with Crippen LogP contribution in [0.15, 0.2) is 36.8 Å². The summed E-state index contributed by atoms with van der Waals surface area (Å²) in [6.45, 7) is 3.02. The number of sulfonamides is 1. The Labute approximate surface area is 252 Å². The van der Waals surface area contributed by atoms with E-state index in [-0.39, 0.29) is 30.9 Å². The SMILES string of the molecule is CN(c1nccnc1CNc1nc(Nc2ccc3c(c2)CCC(CN2CC[C@@H](O)C2)CC3)ncc1Cl)S(C)(=O)=O.Cl. The molecule has 0 amide bonds. The number of aliphatic hydroxyl groups excluding tert-OH is 1. The normalized spacial score (nSPS) is 19.1. The number of aliphatic hydroxyl groups is 1. The summed E-state index contributed by atoms with van der Waals surface area (Å²) < 4.78 is 25.1. The highest BCUT2D eigenvalue weighted by Gasteiger charge is 2.25. The summed E-state index contributed by atoms with van der Waals surface area (Å²) in [7, 11) is -2.07. The van der Waals surface area contributed by atoms with Crippen molar-refractivity contribution in [2.45, 2.75) is 44.8 Å². The Hall–Kier alpha value is -2.77. The Balaban J connectivity index is 0.00000387. The van der Waals surface area contributed by atoms with Crippen molar-refractivity contribution in [1.29, 1.82) is 0 Å². The minimum atomic E-state index is -3.50. The molecule has 41 heavy (non-hydrogen) atoms. The van der Waals surface area contributed by atoms with Gasteiger partial charge < -0.3 is 20.6 Å². The van der Waals surface area contributed by atoms with E-state index in [0.717, 1.165) is 68.0 Å². The maximum absolute atomic E-state index is 12.0. The Morgan fingerprint density at radius 3 is 2.61 bits per heavy atom. The van der Waals surface area contributed by atoms with Crippen molar-refractivity contribution >= 4 is 57.3 Å². The number of rotatable bonds is 9. The van der Waals surface area contributed by atoms with Gasteiger partial charge in [0.1, 0.15) is 10.7 Å². The Morgan fingerprint density at radius 1 is 1.12 bits per heavy atom. The fourth-order valence-electron chi connectivity index (χ4n) is 5.32. The lowest BCUT2D eigenvalue weighted by molar-refractivity contribution is 0.168. The van der Waals surface area contributed by atoms with Gasteiger partial charge in [0.2, 0.25) is 16.0 Å². The number of aryl methyl sites for hydroxylation is 2. The van der Waals surface area contributed by atoms with Crippen LogP contribution in [0.4, 0.5) is 23.3 Å². The van der Waals surface area contributed by atoms with E-state index in [1.165, 1.54) is 36.8 Å². The molecule has 1 unspecified atom stereocenters. The zero-order chi connectivity index (χ0) is 28.3. The highest BCUT2D eigenvalue weighted by Crippen LogP contribution is 2.30. The van der Waals surface area contributed by atoms with E-state index in [4.69, 9.17) is 11.6 Å². The number of fused-ring (bicyclic) bond motifs is 1. The molecule has 2 atom stereocenters. The van der Waals surface area contributed by atoms with Crippen LogP contribution in [-0.4, -0.2) is 77.4 Å². The van der Waals surface area contributed by atoms with Crippen molar-refractivity contribution in [3.05, 3.63) is 58.6 Å². The van der Waals surface area contributed by atoms with Gasteiger partial charge in [-0.3, -0.25) is 9.29 Å². The number of nitrogens with zero attached hydrogens (tertiary/aromatic N) is 6. The maximum Gasteiger partial charge on any atom is 0.233 e. The third kappa shape index (κ3) is 7.95. The molecule has 222 valence electrons. The molecule has 0 spiro atoms. The topological polar surface area (TPSA) is 136 Å². The largest absolute Gasteiger partial charge is 0.392 e. The van der Waals surface area contributed by atoms with E-state index in [2.05, 4.69) is 47.6 Å². The summed E-state index contributed by atoms with van der Waals surface area (Å²) in [5.74, 6) is 1.64. The van der Waals surface area contributed by atoms with Gasteiger partial charge in [-0.2, -0.15) is 4.98 Å². The molecule has 5 rings (SSSR count). The molecule has 2 aliphatic rings. The van der Waals surface area contributed by atoms with E-state index in [9.17, 15) is 13.5 Å². The van der Waals surface area contributed by atoms with Crippen LogP contribution in [0.3, 0.4) is 0 Å². The number of β-amino-alcohol motifs (C(OH)–C–C–N with tert-alkyl or cyclic N) is 1. The van der Waals surface area contributed by atoms with Crippen molar-refractivity contribution in [3.63, 3.8) is 0 Å². The maximum atomic E-state index is 12.0. The second kappa shape index (κ2) is 13.5. The zero-order valence-electron chi connectivity index (χ0n) is 23.1. The molecule has 3 aromatic rings. The number of hydrogen-bond acceptors (Lipinski definition) is 10. The van der Waals surface area contributed by atoms with Gasteiger partial charge in [-0.25, -0.2) is 18.4 Å². The van der Waals surface area contributed by atoms with E-state index < -0.39 is 10.0 Å². The Kier molecular flexibility index (Phi) is 10.2. The molecule has 1 aliphatic heterocycles. The van der Waals surface area contributed by atoms with Crippen molar-refractivity contribution in [2.75, 3.05) is 47.9 Å². The van der Waals surface area contributed by atoms with E-state index >= 15 is 0 Å². The molecule has 1 fully saturated rings. The lowest BCUT2D eigenvalue weighted by atomic mass is 9.99. The fourth-order valence-corrected chi connectivity index (χ4v) is 5.95. The van der Waals surface area contributed by atoms with Crippen molar-refractivity contribution in [3.8, 4) is 0 Å². The second-order valence-corrected chi connectivity index (χ2v) is 13.0. The van der Waals surface area contributed by atoms with Crippen LogP contribution in [0.2, 0.25) is 5.02 Å². The predicted octanol–water partition coefficient (Wildman–Crippen LogP) is 3.65. The summed E-state index contributed by atoms with van der Waals surface area (Å²) >= 11 is 6.36. The molecular formula is C27H36Cl2N8O3S. The van der Waals surface area contributed by atoms with Gasteiger partial charge in [0.05, 0.1) is 25.1 Å². The molecule has 0 bridgehead atoms. The van der Waals surface area contributed by atoms with Gasteiger partial charge in [0.25, 0.3) is 0 Å². The molecule has 0 saturated carbocycles. The van der Waals surface area contributed by atoms with E-state index in [1.54, 1.807) is 0 Å². The smallest absolute Gasteiger partial charge is 0.233 e. The van der Waals surface area contributed by atoms with Gasteiger partial charge in [-0.1, -0.05) is 17.7 Å². The molecule has 14 heteroatoms. The van der Waals surface area contributed by atoms with Crippen LogP contribution < -0.4 is 14.9 Å². The molecule has 2 aromatic heterocycles. The highest BCUT2D eigenvalue weighted by atomic mass is 35.5. The number of aromatic nitrogens is 4. The summed E-state index contributed by atoms with van der Waals surface area (Å²) in [5, 5.41) is 16.6. The third-order valence-electron chi connectivity index (χ3n) is 7.59. The van der Waals surface area contributed by atoms with Gasteiger partial charge in [0, 0.05) is 44.8 Å². The van der Waals surface area contributed by atoms with Crippen LogP contribution in [0.5, 0.6) is 0 Å². The number of nitrogens with one attached hydrogen (secondary N) is 2. The van der Waals surface area contributed by atoms with E-state index in [1.807, 2.05) is 6.07 Å². The minimum absolute atomic E-state index is 0. The van der Waals surface area contributed by atoms with Crippen LogP contribution in [0, 0.1) is 5.92 Å². The molecule has 3 N–H and O–H groups in total. The average Bonchev–Trinajstić information content (AvgIpc) is 3.23. The lowest BCUT2D eigenvalue weighted by Crippen LogP contribution is -2.28. The highest BCUT2D eigenvalue weighted by molar-refractivity contribution is 7.92. The Bertz CT molecular complexity index is 1460. The first kappa shape index (κ1) is 31.2. The number of likely N-dealkylation sites (tertiary alicyclic amines) is 1. The van der Waals surface area contributed by atoms with E-state index in [0.29, 0.717) is 28.4 Å². The van der Waals surface area contributed by atoms with Gasteiger partial charge in [-0.05, 0) is 61.3 Å². The summed E-state index contributed by atoms with van der Waals surface area (Å²) in [6.07, 6.45) is 10.7. The van der Waals surface area contributed by atoms with Crippen molar-refractivity contribution in [2.24, 2.45) is 5.92 Å². The monoisotopic (exact) mass is 622 g/mol. The van der Waals surface area contributed by atoms with Crippen molar-refractivity contribution in [1.82, 2.24) is 24.8 Å². The summed E-state index contributed by atoms with van der Waals surface area (Å²) in [4.78, 5) is 19.7.